The standard InChI is InChI=1S/C21H34N4O2.HI/c1-22-21(24-14-8-16-27-19-11-6-3-7-12-19)25-17-20(26)23-15-13-18-9-4-2-5-10-18;/h2,4-5,9-10,19H,3,6-8,11-17H2,1H3,(H,23,26)(H2,22,24,25);1H. The quantitative estimate of drug-likeness (QED) is 0.199. The number of nitrogens with zero attached hydrogens (tertiary/aromatic N) is 1. The van der Waals surface area contributed by atoms with Gasteiger partial charge in [-0.05, 0) is 31.2 Å². The zero-order valence-corrected chi connectivity index (χ0v) is 19.2. The van der Waals surface area contributed by atoms with Gasteiger partial charge in [-0.1, -0.05) is 49.6 Å². The van der Waals surface area contributed by atoms with Crippen LogP contribution in [0.1, 0.15) is 44.1 Å². The van der Waals surface area contributed by atoms with Crippen molar-refractivity contribution in [1.82, 2.24) is 16.0 Å². The molecule has 1 aromatic carbocycles. The van der Waals surface area contributed by atoms with Gasteiger partial charge in [0, 0.05) is 26.7 Å². The van der Waals surface area contributed by atoms with Crippen molar-refractivity contribution in [2.24, 2.45) is 4.99 Å². The van der Waals surface area contributed by atoms with Crippen molar-refractivity contribution in [3.8, 4) is 0 Å². The van der Waals surface area contributed by atoms with Crippen LogP contribution >= 0.6 is 24.0 Å². The number of hydrogen-bond donors (Lipinski definition) is 3. The van der Waals surface area contributed by atoms with Crippen molar-refractivity contribution < 1.29 is 9.53 Å². The number of carbonyl (C=O) groups is 1. The highest BCUT2D eigenvalue weighted by Crippen LogP contribution is 2.20. The molecule has 0 aromatic heterocycles. The van der Waals surface area contributed by atoms with Gasteiger partial charge in [0.15, 0.2) is 5.96 Å². The third-order valence-corrected chi connectivity index (χ3v) is 4.74. The highest BCUT2D eigenvalue weighted by Gasteiger charge is 2.13. The molecule has 1 fully saturated rings. The van der Waals surface area contributed by atoms with Crippen LogP contribution in [0.3, 0.4) is 0 Å². The molecule has 6 nitrogen and oxygen atoms in total. The summed E-state index contributed by atoms with van der Waals surface area (Å²) in [6.45, 7) is 2.40. The first-order valence-electron chi connectivity index (χ1n) is 10.1. The third-order valence-electron chi connectivity index (χ3n) is 4.74. The predicted molar refractivity (Wildman–Crippen MR) is 125 cm³/mol. The summed E-state index contributed by atoms with van der Waals surface area (Å²) < 4.78 is 5.91. The fraction of sp³-hybridized carbons (Fsp3) is 0.619. The molecule has 28 heavy (non-hydrogen) atoms. The van der Waals surface area contributed by atoms with E-state index in [2.05, 4.69) is 33.1 Å². The second-order valence-corrected chi connectivity index (χ2v) is 6.92. The van der Waals surface area contributed by atoms with E-state index in [4.69, 9.17) is 4.74 Å². The Morgan fingerprint density at radius 1 is 1.07 bits per heavy atom. The topological polar surface area (TPSA) is 74.8 Å². The van der Waals surface area contributed by atoms with Crippen molar-refractivity contribution >= 4 is 35.8 Å². The van der Waals surface area contributed by atoms with Crippen molar-refractivity contribution in [3.63, 3.8) is 0 Å². The number of aliphatic imine (C=N–C) groups is 1. The van der Waals surface area contributed by atoms with E-state index in [0.29, 0.717) is 18.6 Å². The van der Waals surface area contributed by atoms with Crippen LogP contribution in [-0.2, 0) is 16.0 Å². The van der Waals surface area contributed by atoms with E-state index in [1.54, 1.807) is 7.05 Å². The predicted octanol–water partition coefficient (Wildman–Crippen LogP) is 2.87. The van der Waals surface area contributed by atoms with Crippen molar-refractivity contribution in [1.29, 1.82) is 0 Å². The van der Waals surface area contributed by atoms with Gasteiger partial charge >= 0.3 is 0 Å². The Kier molecular flexibility index (Phi) is 13.7. The summed E-state index contributed by atoms with van der Waals surface area (Å²) in [4.78, 5) is 16.1. The maximum Gasteiger partial charge on any atom is 0.239 e. The van der Waals surface area contributed by atoms with E-state index in [1.165, 1.54) is 37.7 Å². The van der Waals surface area contributed by atoms with Gasteiger partial charge in [0.25, 0.3) is 0 Å². The Bertz CT molecular complexity index is 563. The van der Waals surface area contributed by atoms with E-state index < -0.39 is 0 Å². The molecule has 3 N–H and O–H groups in total. The second kappa shape index (κ2) is 15.6. The number of rotatable bonds is 10. The average Bonchev–Trinajstić information content (AvgIpc) is 2.71. The molecule has 1 aliphatic carbocycles. The van der Waals surface area contributed by atoms with Gasteiger partial charge in [-0.2, -0.15) is 0 Å². The molecular weight excluding hydrogens is 467 g/mol. The van der Waals surface area contributed by atoms with Gasteiger partial charge in [-0.15, -0.1) is 24.0 Å². The van der Waals surface area contributed by atoms with Crippen LogP contribution in [-0.4, -0.2) is 51.3 Å². The molecule has 2 rings (SSSR count). The highest BCUT2D eigenvalue weighted by molar-refractivity contribution is 14.0. The lowest BCUT2D eigenvalue weighted by atomic mass is 9.98. The van der Waals surface area contributed by atoms with Crippen LogP contribution in [0.2, 0.25) is 0 Å². The summed E-state index contributed by atoms with van der Waals surface area (Å²) >= 11 is 0. The molecule has 0 spiro atoms. The van der Waals surface area contributed by atoms with E-state index in [9.17, 15) is 4.79 Å². The van der Waals surface area contributed by atoms with Crippen LogP contribution in [0, 0.1) is 0 Å². The molecule has 0 atom stereocenters. The summed E-state index contributed by atoms with van der Waals surface area (Å²) in [5, 5.41) is 9.19. The van der Waals surface area contributed by atoms with E-state index in [0.717, 1.165) is 26.0 Å². The lowest BCUT2D eigenvalue weighted by molar-refractivity contribution is -0.119. The SMILES string of the molecule is CN=C(NCCCOC1CCCCC1)NCC(=O)NCCc1ccccc1.I. The highest BCUT2D eigenvalue weighted by atomic mass is 127. The summed E-state index contributed by atoms with van der Waals surface area (Å²) in [5.41, 5.74) is 1.22. The van der Waals surface area contributed by atoms with Crippen LogP contribution in [0.5, 0.6) is 0 Å². The minimum absolute atomic E-state index is 0. The molecular formula is C21H35IN4O2. The Balaban J connectivity index is 0.00000392. The largest absolute Gasteiger partial charge is 0.378 e. The van der Waals surface area contributed by atoms with E-state index >= 15 is 0 Å². The first kappa shape index (κ1) is 24.7. The summed E-state index contributed by atoms with van der Waals surface area (Å²) in [6, 6.07) is 10.1. The molecule has 1 amide bonds. The Hall–Kier alpha value is -1.35. The van der Waals surface area contributed by atoms with Crippen molar-refractivity contribution in [2.75, 3.05) is 33.3 Å². The summed E-state index contributed by atoms with van der Waals surface area (Å²) in [6.07, 6.45) is 8.58. The number of amides is 1. The molecule has 1 saturated carbocycles. The molecule has 0 aliphatic heterocycles. The van der Waals surface area contributed by atoms with Gasteiger partial charge in [0.05, 0.1) is 12.6 Å². The van der Waals surface area contributed by atoms with Crippen LogP contribution in [0.15, 0.2) is 35.3 Å². The normalized spacial score (nSPS) is 14.8. The molecule has 1 aliphatic rings. The lowest BCUT2D eigenvalue weighted by Crippen LogP contribution is -2.43. The molecule has 0 heterocycles. The van der Waals surface area contributed by atoms with Gasteiger partial charge < -0.3 is 20.7 Å². The summed E-state index contributed by atoms with van der Waals surface area (Å²) in [5.74, 6) is 0.611. The van der Waals surface area contributed by atoms with Crippen molar-refractivity contribution in [2.45, 2.75) is 51.0 Å². The Morgan fingerprint density at radius 3 is 2.54 bits per heavy atom. The number of ether oxygens (including phenoxy) is 1. The number of benzene rings is 1. The Labute approximate surface area is 186 Å². The zero-order chi connectivity index (χ0) is 19.2. The van der Waals surface area contributed by atoms with Gasteiger partial charge in [-0.25, -0.2) is 0 Å². The molecule has 158 valence electrons. The molecule has 1 aromatic rings. The Morgan fingerprint density at radius 2 is 1.82 bits per heavy atom. The average molecular weight is 502 g/mol. The molecule has 0 radical (unpaired) electrons. The van der Waals surface area contributed by atoms with Gasteiger partial charge in [-0.3, -0.25) is 9.79 Å². The summed E-state index contributed by atoms with van der Waals surface area (Å²) in [7, 11) is 1.71. The van der Waals surface area contributed by atoms with E-state index in [1.807, 2.05) is 18.2 Å². The first-order valence-corrected chi connectivity index (χ1v) is 10.1. The minimum atomic E-state index is -0.0329. The maximum absolute atomic E-state index is 11.9. The zero-order valence-electron chi connectivity index (χ0n) is 16.9. The minimum Gasteiger partial charge on any atom is -0.378 e. The number of hydrogen-bond acceptors (Lipinski definition) is 3. The fourth-order valence-corrected chi connectivity index (χ4v) is 3.20. The molecule has 7 heteroatoms. The number of halogens is 1. The first-order chi connectivity index (χ1) is 13.3. The van der Waals surface area contributed by atoms with Crippen molar-refractivity contribution in [3.05, 3.63) is 35.9 Å². The van der Waals surface area contributed by atoms with E-state index in [-0.39, 0.29) is 36.4 Å². The number of nitrogens with one attached hydrogen (secondary N) is 3. The van der Waals surface area contributed by atoms with Gasteiger partial charge in [0.2, 0.25) is 5.91 Å². The number of guanidine groups is 1. The van der Waals surface area contributed by atoms with Gasteiger partial charge in [0.1, 0.15) is 0 Å². The monoisotopic (exact) mass is 502 g/mol. The smallest absolute Gasteiger partial charge is 0.239 e. The molecule has 0 saturated heterocycles. The molecule has 0 unspecified atom stereocenters. The van der Waals surface area contributed by atoms with Crippen LogP contribution in [0.25, 0.3) is 0 Å². The maximum atomic E-state index is 11.9. The fourth-order valence-electron chi connectivity index (χ4n) is 3.20. The second-order valence-electron chi connectivity index (χ2n) is 6.92. The number of carbonyl (C=O) groups excluding carboxylic acids is 1. The van der Waals surface area contributed by atoms with Crippen LogP contribution < -0.4 is 16.0 Å². The molecule has 0 bridgehead atoms. The lowest BCUT2D eigenvalue weighted by Gasteiger charge is -2.22. The van der Waals surface area contributed by atoms with Crippen LogP contribution in [0.4, 0.5) is 0 Å². The third kappa shape index (κ3) is 10.8.